The van der Waals surface area contributed by atoms with Gasteiger partial charge in [-0.25, -0.2) is 4.98 Å². The van der Waals surface area contributed by atoms with Gasteiger partial charge in [-0.15, -0.1) is 0 Å². The van der Waals surface area contributed by atoms with Gasteiger partial charge in [-0.2, -0.15) is 0 Å². The molecule has 5 nitrogen and oxygen atoms in total. The van der Waals surface area contributed by atoms with E-state index in [1.165, 1.54) is 11.8 Å². The Labute approximate surface area is 186 Å². The number of hydrogen-bond acceptors (Lipinski definition) is 4. The van der Waals surface area contributed by atoms with Crippen molar-refractivity contribution in [3.05, 3.63) is 87.5 Å². The normalized spacial score (nSPS) is 10.4. The van der Waals surface area contributed by atoms with Gasteiger partial charge in [0, 0.05) is 27.9 Å². The highest BCUT2D eigenvalue weighted by Crippen LogP contribution is 2.21. The molecule has 3 rings (SSSR count). The summed E-state index contributed by atoms with van der Waals surface area (Å²) in [5.41, 5.74) is 1.95. The molecule has 148 valence electrons. The molecular formula is C21H17BrClN3O2S. The summed E-state index contributed by atoms with van der Waals surface area (Å²) in [7, 11) is 0. The lowest BCUT2D eigenvalue weighted by Gasteiger charge is -2.10. The zero-order chi connectivity index (χ0) is 20.6. The largest absolute Gasteiger partial charge is 0.348 e. The van der Waals surface area contributed by atoms with Crippen LogP contribution in [0.4, 0.5) is 5.69 Å². The minimum absolute atomic E-state index is 0.137. The van der Waals surface area contributed by atoms with Crippen LogP contribution >= 0.6 is 39.3 Å². The van der Waals surface area contributed by atoms with Crippen molar-refractivity contribution in [1.29, 1.82) is 0 Å². The zero-order valence-corrected chi connectivity index (χ0v) is 18.4. The van der Waals surface area contributed by atoms with Gasteiger partial charge >= 0.3 is 0 Å². The molecular weight excluding hydrogens is 474 g/mol. The molecule has 0 aliphatic heterocycles. The first-order chi connectivity index (χ1) is 14.0. The number of benzene rings is 2. The first-order valence-corrected chi connectivity index (χ1v) is 10.8. The van der Waals surface area contributed by atoms with Crippen LogP contribution in [-0.4, -0.2) is 22.6 Å². The van der Waals surface area contributed by atoms with Crippen LogP contribution in [0.5, 0.6) is 0 Å². The summed E-state index contributed by atoms with van der Waals surface area (Å²) in [6.45, 7) is 0.307. The maximum atomic E-state index is 12.6. The molecule has 0 aliphatic carbocycles. The van der Waals surface area contributed by atoms with Gasteiger partial charge in [-0.1, -0.05) is 57.5 Å². The molecule has 1 aromatic heterocycles. The van der Waals surface area contributed by atoms with Crippen molar-refractivity contribution in [3.63, 3.8) is 0 Å². The molecule has 0 spiro atoms. The molecule has 2 amide bonds. The molecule has 3 aromatic rings. The molecule has 0 aliphatic rings. The Kier molecular flexibility index (Phi) is 7.69. The van der Waals surface area contributed by atoms with Crippen molar-refractivity contribution >= 4 is 56.8 Å². The van der Waals surface area contributed by atoms with E-state index in [0.29, 0.717) is 27.8 Å². The Balaban J connectivity index is 1.59. The molecule has 0 radical (unpaired) electrons. The number of amides is 2. The van der Waals surface area contributed by atoms with Gasteiger partial charge in [0.15, 0.2) is 0 Å². The average molecular weight is 491 g/mol. The van der Waals surface area contributed by atoms with Crippen LogP contribution in [0.25, 0.3) is 0 Å². The Morgan fingerprint density at radius 3 is 2.55 bits per heavy atom. The summed E-state index contributed by atoms with van der Waals surface area (Å²) in [6, 6.07) is 18.0. The number of hydrogen-bond donors (Lipinski definition) is 2. The second-order valence-corrected chi connectivity index (χ2v) is 8.26. The summed E-state index contributed by atoms with van der Waals surface area (Å²) in [4.78, 5) is 29.1. The highest BCUT2D eigenvalue weighted by molar-refractivity contribution is 9.10. The number of thioether (sulfide) groups is 1. The fraction of sp³-hybridized carbons (Fsp3) is 0.0952. The average Bonchev–Trinajstić information content (AvgIpc) is 2.73. The summed E-state index contributed by atoms with van der Waals surface area (Å²) >= 11 is 10.7. The monoisotopic (exact) mass is 489 g/mol. The van der Waals surface area contributed by atoms with Gasteiger partial charge in [0.2, 0.25) is 5.91 Å². The molecule has 0 saturated carbocycles. The summed E-state index contributed by atoms with van der Waals surface area (Å²) < 4.78 is 0.936. The van der Waals surface area contributed by atoms with Crippen molar-refractivity contribution < 1.29 is 9.59 Å². The second-order valence-electron chi connectivity index (χ2n) is 5.97. The van der Waals surface area contributed by atoms with E-state index >= 15 is 0 Å². The van der Waals surface area contributed by atoms with Crippen LogP contribution in [0.1, 0.15) is 15.9 Å². The van der Waals surface area contributed by atoms with E-state index < -0.39 is 0 Å². The highest BCUT2D eigenvalue weighted by atomic mass is 79.9. The SMILES string of the molecule is O=C(CSc1ncccc1C(=O)NCc1ccccc1Cl)Nc1ccc(Br)cc1. The third kappa shape index (κ3) is 6.32. The van der Waals surface area contributed by atoms with Crippen LogP contribution in [0, 0.1) is 0 Å². The lowest BCUT2D eigenvalue weighted by Crippen LogP contribution is -2.24. The maximum absolute atomic E-state index is 12.6. The van der Waals surface area contributed by atoms with Crippen molar-refractivity contribution in [2.24, 2.45) is 0 Å². The van der Waals surface area contributed by atoms with E-state index in [-0.39, 0.29) is 17.6 Å². The maximum Gasteiger partial charge on any atom is 0.254 e. The number of pyridine rings is 1. The fourth-order valence-electron chi connectivity index (χ4n) is 2.46. The van der Waals surface area contributed by atoms with E-state index in [1.807, 2.05) is 30.3 Å². The van der Waals surface area contributed by atoms with Crippen molar-refractivity contribution in [2.75, 3.05) is 11.1 Å². The quantitative estimate of drug-likeness (QED) is 0.449. The van der Waals surface area contributed by atoms with Gasteiger partial charge in [-0.05, 0) is 48.0 Å². The topological polar surface area (TPSA) is 71.1 Å². The summed E-state index contributed by atoms with van der Waals surface area (Å²) in [5, 5.41) is 6.76. The smallest absolute Gasteiger partial charge is 0.254 e. The minimum atomic E-state index is -0.270. The third-order valence-corrected chi connectivity index (χ3v) is 5.78. The van der Waals surface area contributed by atoms with Crippen LogP contribution in [0.3, 0.4) is 0 Å². The predicted molar refractivity (Wildman–Crippen MR) is 120 cm³/mol. The van der Waals surface area contributed by atoms with Crippen LogP contribution in [-0.2, 0) is 11.3 Å². The molecule has 0 unspecified atom stereocenters. The first kappa shape index (κ1) is 21.4. The highest BCUT2D eigenvalue weighted by Gasteiger charge is 2.14. The summed E-state index contributed by atoms with van der Waals surface area (Å²) in [5.74, 6) is -0.308. The molecule has 8 heteroatoms. The van der Waals surface area contributed by atoms with Crippen LogP contribution < -0.4 is 10.6 Å². The van der Waals surface area contributed by atoms with E-state index in [1.54, 1.807) is 36.5 Å². The van der Waals surface area contributed by atoms with E-state index in [0.717, 1.165) is 10.0 Å². The second kappa shape index (κ2) is 10.4. The van der Waals surface area contributed by atoms with Gasteiger partial charge in [0.05, 0.1) is 11.3 Å². The van der Waals surface area contributed by atoms with Gasteiger partial charge in [0.1, 0.15) is 5.03 Å². The molecule has 0 bridgehead atoms. The number of carbonyl (C=O) groups excluding carboxylic acids is 2. The van der Waals surface area contributed by atoms with Gasteiger partial charge in [0.25, 0.3) is 5.91 Å². The minimum Gasteiger partial charge on any atom is -0.348 e. The van der Waals surface area contributed by atoms with E-state index in [9.17, 15) is 9.59 Å². The van der Waals surface area contributed by atoms with Gasteiger partial charge in [-0.3, -0.25) is 9.59 Å². The van der Waals surface area contributed by atoms with Crippen molar-refractivity contribution in [2.45, 2.75) is 11.6 Å². The molecule has 0 saturated heterocycles. The predicted octanol–water partition coefficient (Wildman–Crippen LogP) is 5.16. The van der Waals surface area contributed by atoms with Gasteiger partial charge < -0.3 is 10.6 Å². The Morgan fingerprint density at radius 2 is 1.79 bits per heavy atom. The van der Waals surface area contributed by atoms with Crippen LogP contribution in [0.2, 0.25) is 5.02 Å². The van der Waals surface area contributed by atoms with E-state index in [4.69, 9.17) is 11.6 Å². The number of nitrogens with one attached hydrogen (secondary N) is 2. The number of rotatable bonds is 7. The first-order valence-electron chi connectivity index (χ1n) is 8.68. The molecule has 0 fully saturated rings. The number of halogens is 2. The Hall–Kier alpha value is -2.35. The van der Waals surface area contributed by atoms with Crippen LogP contribution in [0.15, 0.2) is 76.4 Å². The summed E-state index contributed by atoms with van der Waals surface area (Å²) in [6.07, 6.45) is 1.60. The van der Waals surface area contributed by atoms with Crippen molar-refractivity contribution in [1.82, 2.24) is 10.3 Å². The molecule has 2 aromatic carbocycles. The Morgan fingerprint density at radius 1 is 1.03 bits per heavy atom. The number of anilines is 1. The molecule has 29 heavy (non-hydrogen) atoms. The lowest BCUT2D eigenvalue weighted by molar-refractivity contribution is -0.113. The lowest BCUT2D eigenvalue weighted by atomic mass is 10.2. The molecule has 1 heterocycles. The fourth-order valence-corrected chi connectivity index (χ4v) is 3.71. The number of carbonyl (C=O) groups is 2. The standard InChI is InChI=1S/C21H17BrClN3O2S/c22-15-7-9-16(10-8-15)26-19(27)13-29-21-17(5-3-11-24-21)20(28)25-12-14-4-1-2-6-18(14)23/h1-11H,12-13H2,(H,25,28)(H,26,27). The van der Waals surface area contributed by atoms with E-state index in [2.05, 4.69) is 31.5 Å². The third-order valence-electron chi connectivity index (χ3n) is 3.88. The molecule has 2 N–H and O–H groups in total. The Bertz CT molecular complexity index is 1010. The number of aromatic nitrogens is 1. The zero-order valence-electron chi connectivity index (χ0n) is 15.2. The van der Waals surface area contributed by atoms with Crippen molar-refractivity contribution in [3.8, 4) is 0 Å². The molecule has 0 atom stereocenters. The number of nitrogens with zero attached hydrogens (tertiary/aromatic N) is 1.